The van der Waals surface area contributed by atoms with Gasteiger partial charge in [-0.3, -0.25) is 14.4 Å². The number of carbonyl (C=O) groups excluding carboxylic acids is 3. The standard InChI is InChI=1S/C19H37N3O7/c1-3-16(19(20)25)6-4-5-7-21-17(23)14-29-13-12-27-9-8-22-18(24)15-28-11-10-26-2/h16H,3-15H2,1-2H3,(H2,20,25)(H,21,23)(H,22,24)/t16-/m0/s1. The third kappa shape index (κ3) is 18.0. The largest absolute Gasteiger partial charge is 0.382 e. The molecule has 0 aliphatic carbocycles. The molecule has 0 saturated heterocycles. The molecule has 0 heterocycles. The summed E-state index contributed by atoms with van der Waals surface area (Å²) in [6.45, 7) is 4.62. The molecule has 0 aromatic carbocycles. The number of unbranched alkanes of at least 4 members (excludes halogenated alkanes) is 1. The summed E-state index contributed by atoms with van der Waals surface area (Å²) in [6.07, 6.45) is 3.12. The lowest BCUT2D eigenvalue weighted by Crippen LogP contribution is -2.31. The van der Waals surface area contributed by atoms with Gasteiger partial charge in [0.1, 0.15) is 13.2 Å². The lowest BCUT2D eigenvalue weighted by molar-refractivity contribution is -0.127. The first-order valence-electron chi connectivity index (χ1n) is 10.1. The van der Waals surface area contributed by atoms with E-state index in [-0.39, 0.29) is 43.5 Å². The molecule has 0 rings (SSSR count). The molecular weight excluding hydrogens is 382 g/mol. The second-order valence-corrected chi connectivity index (χ2v) is 6.41. The van der Waals surface area contributed by atoms with Gasteiger partial charge in [-0.15, -0.1) is 0 Å². The highest BCUT2D eigenvalue weighted by atomic mass is 16.5. The zero-order valence-corrected chi connectivity index (χ0v) is 17.7. The Balaban J connectivity index is 3.39. The van der Waals surface area contributed by atoms with Crippen molar-refractivity contribution in [2.75, 3.05) is 66.4 Å². The van der Waals surface area contributed by atoms with Crippen LogP contribution in [0.4, 0.5) is 0 Å². The van der Waals surface area contributed by atoms with E-state index >= 15 is 0 Å². The summed E-state index contributed by atoms with van der Waals surface area (Å²) in [5, 5.41) is 5.42. The first kappa shape index (κ1) is 27.2. The highest BCUT2D eigenvalue weighted by molar-refractivity contribution is 5.77. The Morgan fingerprint density at radius 2 is 1.41 bits per heavy atom. The number of nitrogens with two attached hydrogens (primary N) is 1. The van der Waals surface area contributed by atoms with Gasteiger partial charge < -0.3 is 35.3 Å². The van der Waals surface area contributed by atoms with Gasteiger partial charge in [-0.2, -0.15) is 0 Å². The van der Waals surface area contributed by atoms with E-state index in [0.717, 1.165) is 25.7 Å². The van der Waals surface area contributed by atoms with E-state index in [9.17, 15) is 14.4 Å². The van der Waals surface area contributed by atoms with Gasteiger partial charge in [0.2, 0.25) is 17.7 Å². The fourth-order valence-electron chi connectivity index (χ4n) is 2.35. The van der Waals surface area contributed by atoms with Gasteiger partial charge in [-0.25, -0.2) is 0 Å². The molecule has 0 saturated carbocycles. The van der Waals surface area contributed by atoms with Gasteiger partial charge in [-0.05, 0) is 19.3 Å². The molecule has 0 radical (unpaired) electrons. The van der Waals surface area contributed by atoms with Gasteiger partial charge in [0, 0.05) is 26.1 Å². The van der Waals surface area contributed by atoms with E-state index < -0.39 is 0 Å². The average Bonchev–Trinajstić information content (AvgIpc) is 2.69. The number of methoxy groups -OCH3 is 1. The number of carbonyl (C=O) groups is 3. The van der Waals surface area contributed by atoms with Crippen molar-refractivity contribution in [1.29, 1.82) is 0 Å². The fraction of sp³-hybridized carbons (Fsp3) is 0.842. The molecule has 1 atom stereocenters. The third-order valence-electron chi connectivity index (χ3n) is 4.04. The van der Waals surface area contributed by atoms with Crippen molar-refractivity contribution in [3.63, 3.8) is 0 Å². The minimum absolute atomic E-state index is 0.00802. The second kappa shape index (κ2) is 19.6. The van der Waals surface area contributed by atoms with Crippen molar-refractivity contribution in [2.24, 2.45) is 11.7 Å². The third-order valence-corrected chi connectivity index (χ3v) is 4.04. The normalized spacial score (nSPS) is 11.8. The smallest absolute Gasteiger partial charge is 0.246 e. The second-order valence-electron chi connectivity index (χ2n) is 6.41. The Kier molecular flexibility index (Phi) is 18.4. The molecule has 0 fully saturated rings. The Labute approximate surface area is 173 Å². The van der Waals surface area contributed by atoms with Gasteiger partial charge in [0.05, 0.1) is 33.0 Å². The van der Waals surface area contributed by atoms with Crippen LogP contribution in [0.5, 0.6) is 0 Å². The molecule has 3 amide bonds. The summed E-state index contributed by atoms with van der Waals surface area (Å²) in [6, 6.07) is 0. The molecular formula is C19H37N3O7. The van der Waals surface area contributed by atoms with Crippen LogP contribution in [0.2, 0.25) is 0 Å². The number of primary amides is 1. The quantitative estimate of drug-likeness (QED) is 0.228. The number of hydrogen-bond acceptors (Lipinski definition) is 7. The maximum atomic E-state index is 11.6. The fourth-order valence-corrected chi connectivity index (χ4v) is 2.35. The lowest BCUT2D eigenvalue weighted by atomic mass is 9.99. The van der Waals surface area contributed by atoms with Crippen molar-refractivity contribution < 1.29 is 33.3 Å². The summed E-state index contributed by atoms with van der Waals surface area (Å²) in [5.41, 5.74) is 5.29. The topological polar surface area (TPSA) is 138 Å². The van der Waals surface area contributed by atoms with Crippen LogP contribution in [0.1, 0.15) is 32.6 Å². The number of rotatable bonds is 20. The Morgan fingerprint density at radius 3 is 2.00 bits per heavy atom. The Hall–Kier alpha value is -1.75. The van der Waals surface area contributed by atoms with Crippen LogP contribution in [0, 0.1) is 5.92 Å². The number of ether oxygens (including phenoxy) is 4. The predicted molar refractivity (Wildman–Crippen MR) is 107 cm³/mol. The highest BCUT2D eigenvalue weighted by Gasteiger charge is 2.11. The van der Waals surface area contributed by atoms with Crippen LogP contribution in [-0.4, -0.2) is 84.2 Å². The maximum absolute atomic E-state index is 11.6. The van der Waals surface area contributed by atoms with E-state index in [2.05, 4.69) is 10.6 Å². The minimum Gasteiger partial charge on any atom is -0.382 e. The predicted octanol–water partition coefficient (Wildman–Crippen LogP) is -0.403. The number of nitrogens with one attached hydrogen (secondary N) is 2. The number of hydrogen-bond donors (Lipinski definition) is 3. The van der Waals surface area contributed by atoms with Gasteiger partial charge in [0.25, 0.3) is 0 Å². The van der Waals surface area contributed by atoms with Crippen LogP contribution >= 0.6 is 0 Å². The summed E-state index contributed by atoms with van der Waals surface area (Å²) < 4.78 is 20.4. The minimum atomic E-state index is -0.263. The average molecular weight is 420 g/mol. The van der Waals surface area contributed by atoms with E-state index in [1.54, 1.807) is 7.11 Å². The summed E-state index contributed by atoms with van der Waals surface area (Å²) >= 11 is 0. The van der Waals surface area contributed by atoms with Crippen LogP contribution in [0.15, 0.2) is 0 Å². The zero-order valence-electron chi connectivity index (χ0n) is 17.7. The molecule has 170 valence electrons. The van der Waals surface area contributed by atoms with Crippen LogP contribution in [0.25, 0.3) is 0 Å². The van der Waals surface area contributed by atoms with E-state index in [0.29, 0.717) is 39.5 Å². The van der Waals surface area contributed by atoms with Crippen LogP contribution in [-0.2, 0) is 33.3 Å². The van der Waals surface area contributed by atoms with E-state index in [4.69, 9.17) is 24.7 Å². The lowest BCUT2D eigenvalue weighted by Gasteiger charge is -2.10. The first-order valence-corrected chi connectivity index (χ1v) is 10.1. The van der Waals surface area contributed by atoms with Crippen molar-refractivity contribution in [1.82, 2.24) is 10.6 Å². The molecule has 0 bridgehead atoms. The van der Waals surface area contributed by atoms with Crippen molar-refractivity contribution in [2.45, 2.75) is 32.6 Å². The van der Waals surface area contributed by atoms with Crippen LogP contribution in [0.3, 0.4) is 0 Å². The molecule has 10 heteroatoms. The maximum Gasteiger partial charge on any atom is 0.246 e. The molecule has 0 aromatic rings. The molecule has 4 N–H and O–H groups in total. The zero-order chi connectivity index (χ0) is 21.7. The molecule has 0 spiro atoms. The molecule has 29 heavy (non-hydrogen) atoms. The summed E-state index contributed by atoms with van der Waals surface area (Å²) in [7, 11) is 1.56. The SMILES string of the molecule is CC[C@@H](CCCCNC(=O)COCCOCCNC(=O)COCCOC)C(N)=O. The first-order chi connectivity index (χ1) is 14.0. The van der Waals surface area contributed by atoms with E-state index in [1.807, 2.05) is 6.92 Å². The molecule has 0 unspecified atom stereocenters. The monoisotopic (exact) mass is 419 g/mol. The van der Waals surface area contributed by atoms with Gasteiger partial charge in [0.15, 0.2) is 0 Å². The van der Waals surface area contributed by atoms with Crippen molar-refractivity contribution >= 4 is 17.7 Å². The number of amides is 3. The molecule has 0 aromatic heterocycles. The van der Waals surface area contributed by atoms with E-state index in [1.165, 1.54) is 0 Å². The molecule has 10 nitrogen and oxygen atoms in total. The van der Waals surface area contributed by atoms with Crippen molar-refractivity contribution in [3.05, 3.63) is 0 Å². The summed E-state index contributed by atoms with van der Waals surface area (Å²) in [4.78, 5) is 34.1. The highest BCUT2D eigenvalue weighted by Crippen LogP contribution is 2.11. The Bertz CT molecular complexity index is 450. The van der Waals surface area contributed by atoms with Gasteiger partial charge in [-0.1, -0.05) is 13.3 Å². The molecule has 0 aliphatic rings. The summed E-state index contributed by atoms with van der Waals surface area (Å²) in [5.74, 6) is -0.747. The van der Waals surface area contributed by atoms with Gasteiger partial charge >= 0.3 is 0 Å². The Morgan fingerprint density at radius 1 is 0.828 bits per heavy atom. The molecule has 0 aliphatic heterocycles. The van der Waals surface area contributed by atoms with Crippen molar-refractivity contribution in [3.8, 4) is 0 Å². The van der Waals surface area contributed by atoms with Crippen LogP contribution < -0.4 is 16.4 Å².